The molecule has 1 unspecified atom stereocenters. The molecule has 1 aromatic rings. The lowest BCUT2D eigenvalue weighted by atomic mass is 10.1. The topological polar surface area (TPSA) is 61.2 Å². The number of aromatic nitrogens is 2. The van der Waals surface area contributed by atoms with E-state index in [4.69, 9.17) is 4.74 Å². The van der Waals surface area contributed by atoms with E-state index in [9.17, 15) is 9.59 Å². The van der Waals surface area contributed by atoms with Crippen LogP contribution in [0.15, 0.2) is 28.2 Å². The predicted molar refractivity (Wildman–Crippen MR) is 133 cm³/mol. The van der Waals surface area contributed by atoms with Crippen molar-refractivity contribution < 1.29 is 9.53 Å². The summed E-state index contributed by atoms with van der Waals surface area (Å²) < 4.78 is 6.87. The zero-order valence-corrected chi connectivity index (χ0v) is 21.0. The summed E-state index contributed by atoms with van der Waals surface area (Å²) in [6.45, 7) is 4.07. The monoisotopic (exact) mass is 462 g/mol. The van der Waals surface area contributed by atoms with E-state index < -0.39 is 0 Å². The second-order valence-corrected chi connectivity index (χ2v) is 9.84. The Morgan fingerprint density at radius 3 is 2.34 bits per heavy atom. The summed E-state index contributed by atoms with van der Waals surface area (Å²) in [4.78, 5) is 28.3. The Morgan fingerprint density at radius 1 is 1.06 bits per heavy atom. The Hall–Kier alpha value is -1.56. The van der Waals surface area contributed by atoms with E-state index in [0.29, 0.717) is 12.3 Å². The van der Waals surface area contributed by atoms with E-state index in [-0.39, 0.29) is 17.6 Å². The average molecular weight is 463 g/mol. The maximum absolute atomic E-state index is 12.4. The lowest BCUT2D eigenvalue weighted by molar-refractivity contribution is -0.146. The van der Waals surface area contributed by atoms with Crippen LogP contribution in [-0.2, 0) is 22.5 Å². The minimum atomic E-state index is -0.305. The highest BCUT2D eigenvalue weighted by molar-refractivity contribution is 7.99. The molecule has 2 rings (SSSR count). The highest BCUT2D eigenvalue weighted by atomic mass is 32.2. The SMILES string of the molecule is CCCCCCCCC=CCCCCCCCc1cc(=O)n2c(n1)SCC(OC(C)=O)C2. The van der Waals surface area contributed by atoms with Crippen LogP contribution in [0.5, 0.6) is 0 Å². The van der Waals surface area contributed by atoms with Crippen molar-refractivity contribution in [3.05, 3.63) is 34.3 Å². The van der Waals surface area contributed by atoms with E-state index in [1.807, 2.05) is 0 Å². The smallest absolute Gasteiger partial charge is 0.302 e. The first kappa shape index (κ1) is 26.7. The minimum absolute atomic E-state index is 0.0397. The van der Waals surface area contributed by atoms with Gasteiger partial charge in [-0.05, 0) is 38.5 Å². The first-order valence-electron chi connectivity index (χ1n) is 12.7. The van der Waals surface area contributed by atoms with Gasteiger partial charge in [0.2, 0.25) is 0 Å². The van der Waals surface area contributed by atoms with Crippen LogP contribution in [0.1, 0.15) is 103 Å². The van der Waals surface area contributed by atoms with Gasteiger partial charge in [0.1, 0.15) is 6.10 Å². The van der Waals surface area contributed by atoms with Crippen molar-refractivity contribution in [2.24, 2.45) is 0 Å². The number of allylic oxidation sites excluding steroid dienone is 2. The summed E-state index contributed by atoms with van der Waals surface area (Å²) in [5.74, 6) is 0.351. The molecule has 0 saturated carbocycles. The number of nitrogens with zero attached hydrogens (tertiary/aromatic N) is 2. The van der Waals surface area contributed by atoms with Crippen LogP contribution in [0.2, 0.25) is 0 Å². The number of esters is 1. The van der Waals surface area contributed by atoms with Gasteiger partial charge in [-0.15, -0.1) is 0 Å². The molecule has 1 aliphatic rings. The Balaban J connectivity index is 1.53. The number of hydrogen-bond acceptors (Lipinski definition) is 5. The summed E-state index contributed by atoms with van der Waals surface area (Å²) in [5.41, 5.74) is 0.847. The number of carbonyl (C=O) groups is 1. The molecule has 1 atom stereocenters. The molecule has 5 nitrogen and oxygen atoms in total. The van der Waals surface area contributed by atoms with Gasteiger partial charge in [-0.25, -0.2) is 4.98 Å². The van der Waals surface area contributed by atoms with Gasteiger partial charge in [-0.3, -0.25) is 14.2 Å². The number of rotatable bonds is 16. The molecular weight excluding hydrogens is 420 g/mol. The molecule has 0 radical (unpaired) electrons. The zero-order valence-electron chi connectivity index (χ0n) is 20.2. The lowest BCUT2D eigenvalue weighted by Crippen LogP contribution is -2.36. The second-order valence-electron chi connectivity index (χ2n) is 8.86. The second kappa shape index (κ2) is 16.1. The Kier molecular flexibility index (Phi) is 13.4. The van der Waals surface area contributed by atoms with Crippen molar-refractivity contribution in [1.29, 1.82) is 0 Å². The fourth-order valence-electron chi connectivity index (χ4n) is 4.04. The van der Waals surface area contributed by atoms with E-state index in [1.54, 1.807) is 10.6 Å². The van der Waals surface area contributed by atoms with Gasteiger partial charge in [0, 0.05) is 24.4 Å². The summed E-state index contributed by atoms with van der Waals surface area (Å²) in [5, 5.41) is 0.753. The lowest BCUT2D eigenvalue weighted by Gasteiger charge is -2.24. The average Bonchev–Trinajstić information content (AvgIpc) is 2.76. The van der Waals surface area contributed by atoms with E-state index in [2.05, 4.69) is 24.1 Å². The van der Waals surface area contributed by atoms with E-state index in [1.165, 1.54) is 95.7 Å². The summed E-state index contributed by atoms with van der Waals surface area (Å²) in [6.07, 6.45) is 22.0. The molecule has 1 aromatic heterocycles. The Bertz CT molecular complexity index is 760. The molecule has 6 heteroatoms. The van der Waals surface area contributed by atoms with Crippen molar-refractivity contribution in [3.63, 3.8) is 0 Å². The van der Waals surface area contributed by atoms with Crippen LogP contribution in [-0.4, -0.2) is 27.4 Å². The molecular formula is C26H42N2O3S. The standard InChI is InChI=1S/C26H42N2O3S/c1-3-4-5-6-7-8-9-10-11-12-13-14-15-16-17-18-23-19-25(30)28-20-24(31-22(2)29)21-32-26(28)27-23/h10-11,19,24H,3-9,12-18,20-21H2,1-2H3. The third kappa shape index (κ3) is 10.8. The van der Waals surface area contributed by atoms with Gasteiger partial charge in [-0.2, -0.15) is 0 Å². The van der Waals surface area contributed by atoms with Gasteiger partial charge in [0.05, 0.1) is 6.54 Å². The molecule has 2 heterocycles. The number of hydrogen-bond donors (Lipinski definition) is 0. The van der Waals surface area contributed by atoms with Crippen molar-refractivity contribution in [1.82, 2.24) is 9.55 Å². The number of aryl methyl sites for hydroxylation is 1. The first-order chi connectivity index (χ1) is 15.6. The zero-order chi connectivity index (χ0) is 23.0. The fourth-order valence-corrected chi connectivity index (χ4v) is 5.05. The van der Waals surface area contributed by atoms with Crippen LogP contribution in [0, 0.1) is 0 Å². The van der Waals surface area contributed by atoms with Crippen LogP contribution in [0.3, 0.4) is 0 Å². The molecule has 0 spiro atoms. The first-order valence-corrected chi connectivity index (χ1v) is 13.6. The molecule has 0 bridgehead atoms. The molecule has 0 N–H and O–H groups in total. The largest absolute Gasteiger partial charge is 0.460 e. The van der Waals surface area contributed by atoms with Gasteiger partial charge in [0.25, 0.3) is 5.56 Å². The highest BCUT2D eigenvalue weighted by Gasteiger charge is 2.23. The summed E-state index contributed by atoms with van der Waals surface area (Å²) in [6, 6.07) is 1.65. The molecule has 0 amide bonds. The van der Waals surface area contributed by atoms with Gasteiger partial charge in [0.15, 0.2) is 5.16 Å². The van der Waals surface area contributed by atoms with Crippen LogP contribution >= 0.6 is 11.8 Å². The number of fused-ring (bicyclic) bond motifs is 1. The third-order valence-electron chi connectivity index (χ3n) is 5.84. The van der Waals surface area contributed by atoms with Crippen molar-refractivity contribution in [3.8, 4) is 0 Å². The van der Waals surface area contributed by atoms with Gasteiger partial charge in [-0.1, -0.05) is 82.2 Å². The maximum atomic E-state index is 12.4. The molecule has 180 valence electrons. The van der Waals surface area contributed by atoms with Crippen molar-refractivity contribution in [2.75, 3.05) is 5.75 Å². The minimum Gasteiger partial charge on any atom is -0.460 e. The van der Waals surface area contributed by atoms with Crippen LogP contribution < -0.4 is 5.56 Å². The van der Waals surface area contributed by atoms with Gasteiger partial charge < -0.3 is 4.74 Å². The predicted octanol–water partition coefficient (Wildman–Crippen LogP) is 6.47. The van der Waals surface area contributed by atoms with E-state index >= 15 is 0 Å². The molecule has 0 fully saturated rings. The highest BCUT2D eigenvalue weighted by Crippen LogP contribution is 2.23. The number of carbonyl (C=O) groups excluding carboxylic acids is 1. The molecule has 0 aromatic carbocycles. The Labute approximate surface area is 198 Å². The summed E-state index contributed by atoms with van der Waals surface area (Å²) in [7, 11) is 0. The van der Waals surface area contributed by atoms with Gasteiger partial charge >= 0.3 is 5.97 Å². The van der Waals surface area contributed by atoms with Crippen LogP contribution in [0.25, 0.3) is 0 Å². The normalized spacial score (nSPS) is 15.8. The molecule has 1 aliphatic heterocycles. The van der Waals surface area contributed by atoms with Crippen molar-refractivity contribution >= 4 is 17.7 Å². The third-order valence-corrected chi connectivity index (χ3v) is 6.95. The maximum Gasteiger partial charge on any atom is 0.302 e. The van der Waals surface area contributed by atoms with E-state index in [0.717, 1.165) is 23.7 Å². The van der Waals surface area contributed by atoms with Crippen molar-refractivity contribution in [2.45, 2.75) is 122 Å². The number of ether oxygens (including phenoxy) is 1. The number of unbranched alkanes of at least 4 members (excludes halogenated alkanes) is 11. The Morgan fingerprint density at radius 2 is 1.69 bits per heavy atom. The fraction of sp³-hybridized carbons (Fsp3) is 0.731. The molecule has 0 aliphatic carbocycles. The quantitative estimate of drug-likeness (QED) is 0.122. The summed E-state index contributed by atoms with van der Waals surface area (Å²) >= 11 is 1.50. The molecule has 32 heavy (non-hydrogen) atoms. The number of thioether (sulfide) groups is 1. The molecule has 0 saturated heterocycles. The van der Waals surface area contributed by atoms with Crippen LogP contribution in [0.4, 0.5) is 0 Å².